The third kappa shape index (κ3) is 5.04. The Morgan fingerprint density at radius 3 is 2.90 bits per heavy atom. The van der Waals surface area contributed by atoms with Crippen LogP contribution in [0.25, 0.3) is 0 Å². The quantitative estimate of drug-likeness (QED) is 0.801. The van der Waals surface area contributed by atoms with Crippen LogP contribution in [0.4, 0.5) is 0 Å². The predicted molar refractivity (Wildman–Crippen MR) is 78.6 cm³/mol. The van der Waals surface area contributed by atoms with Crippen LogP contribution in [0, 0.1) is 18.8 Å². The number of ether oxygens (including phenoxy) is 1. The van der Waals surface area contributed by atoms with E-state index in [9.17, 15) is 4.79 Å². The van der Waals surface area contributed by atoms with Crippen molar-refractivity contribution < 1.29 is 14.6 Å². The first kappa shape index (κ1) is 16.2. The van der Waals surface area contributed by atoms with Crippen molar-refractivity contribution in [3.63, 3.8) is 0 Å². The first-order valence-corrected chi connectivity index (χ1v) is 6.67. The van der Waals surface area contributed by atoms with Gasteiger partial charge in [0.25, 0.3) is 5.91 Å². The van der Waals surface area contributed by atoms with Crippen LogP contribution in [-0.2, 0) is 4.74 Å². The Kier molecular flexibility index (Phi) is 6.78. The maximum absolute atomic E-state index is 12.1. The lowest BCUT2D eigenvalue weighted by atomic mass is 10.0. The molecule has 1 atom stereocenters. The van der Waals surface area contributed by atoms with Gasteiger partial charge in [-0.05, 0) is 38.5 Å². The zero-order valence-electron chi connectivity index (χ0n) is 12.2. The van der Waals surface area contributed by atoms with Gasteiger partial charge in [0.1, 0.15) is 6.61 Å². The van der Waals surface area contributed by atoms with Gasteiger partial charge >= 0.3 is 0 Å². The number of nitrogens with one attached hydrogen (secondary N) is 1. The van der Waals surface area contributed by atoms with Crippen molar-refractivity contribution in [3.05, 3.63) is 34.9 Å². The van der Waals surface area contributed by atoms with Gasteiger partial charge in [0, 0.05) is 23.8 Å². The largest absolute Gasteiger partial charge is 0.384 e. The first-order chi connectivity index (χ1) is 9.58. The van der Waals surface area contributed by atoms with Gasteiger partial charge in [-0.25, -0.2) is 0 Å². The number of amides is 1. The van der Waals surface area contributed by atoms with Gasteiger partial charge in [-0.1, -0.05) is 17.9 Å². The molecular formula is C16H21NO3. The molecule has 1 amide bonds. The summed E-state index contributed by atoms with van der Waals surface area (Å²) in [7, 11) is 0. The van der Waals surface area contributed by atoms with E-state index in [1.54, 1.807) is 12.1 Å². The van der Waals surface area contributed by atoms with Crippen molar-refractivity contribution >= 4 is 5.91 Å². The third-order valence-electron chi connectivity index (χ3n) is 2.75. The minimum absolute atomic E-state index is 0.0456. The van der Waals surface area contributed by atoms with E-state index in [4.69, 9.17) is 9.84 Å². The van der Waals surface area contributed by atoms with Crippen LogP contribution < -0.4 is 5.32 Å². The lowest BCUT2D eigenvalue weighted by molar-refractivity contribution is 0.0872. The maximum Gasteiger partial charge on any atom is 0.251 e. The van der Waals surface area contributed by atoms with E-state index >= 15 is 0 Å². The lowest BCUT2D eigenvalue weighted by Crippen LogP contribution is -2.35. The lowest BCUT2D eigenvalue weighted by Gasteiger charge is -2.14. The van der Waals surface area contributed by atoms with E-state index < -0.39 is 0 Å². The normalized spacial score (nSPS) is 11.4. The summed E-state index contributed by atoms with van der Waals surface area (Å²) in [6, 6.07) is 5.31. The highest BCUT2D eigenvalue weighted by molar-refractivity contribution is 5.94. The molecule has 0 aromatic heterocycles. The van der Waals surface area contributed by atoms with Gasteiger partial charge in [0.05, 0.1) is 6.61 Å². The number of hydrogen-bond donors (Lipinski definition) is 2. The molecule has 20 heavy (non-hydrogen) atoms. The summed E-state index contributed by atoms with van der Waals surface area (Å²) in [5, 5.41) is 11.6. The van der Waals surface area contributed by atoms with Crippen molar-refractivity contribution in [3.8, 4) is 11.8 Å². The number of hydrogen-bond acceptors (Lipinski definition) is 3. The molecule has 0 radical (unpaired) electrons. The van der Waals surface area contributed by atoms with Crippen LogP contribution in [-0.4, -0.2) is 36.9 Å². The summed E-state index contributed by atoms with van der Waals surface area (Å²) >= 11 is 0. The Balaban J connectivity index is 2.78. The van der Waals surface area contributed by atoms with Crippen LogP contribution in [0.5, 0.6) is 0 Å². The van der Waals surface area contributed by atoms with Crippen molar-refractivity contribution in [2.75, 3.05) is 19.8 Å². The van der Waals surface area contributed by atoms with Gasteiger partial charge in [0.2, 0.25) is 0 Å². The second-order valence-electron chi connectivity index (χ2n) is 4.52. The second kappa shape index (κ2) is 8.36. The third-order valence-corrected chi connectivity index (χ3v) is 2.75. The van der Waals surface area contributed by atoms with Crippen molar-refractivity contribution in [1.82, 2.24) is 5.32 Å². The fraction of sp³-hybridized carbons (Fsp3) is 0.438. The van der Waals surface area contributed by atoms with Crippen LogP contribution in [0.3, 0.4) is 0 Å². The number of aliphatic hydroxyl groups excluding tert-OH is 1. The Labute approximate surface area is 120 Å². The highest BCUT2D eigenvalue weighted by Gasteiger charge is 2.10. The fourth-order valence-electron chi connectivity index (χ4n) is 1.68. The molecule has 0 aliphatic heterocycles. The summed E-state index contributed by atoms with van der Waals surface area (Å²) in [4.78, 5) is 12.1. The Hall–Kier alpha value is -1.83. The average Bonchev–Trinajstić information content (AvgIpc) is 2.44. The molecule has 2 N–H and O–H groups in total. The van der Waals surface area contributed by atoms with Crippen molar-refractivity contribution in [2.45, 2.75) is 26.8 Å². The molecular weight excluding hydrogens is 254 g/mol. The molecule has 0 fully saturated rings. The number of benzene rings is 1. The van der Waals surface area contributed by atoms with Gasteiger partial charge in [0.15, 0.2) is 0 Å². The number of rotatable bonds is 5. The highest BCUT2D eigenvalue weighted by atomic mass is 16.5. The molecule has 4 nitrogen and oxygen atoms in total. The van der Waals surface area contributed by atoms with E-state index in [1.165, 1.54) is 0 Å². The topological polar surface area (TPSA) is 58.6 Å². The SMILES string of the molecule is CCOCC(C)NC(=O)c1ccc(C)c(C#CCO)c1. The summed E-state index contributed by atoms with van der Waals surface area (Å²) in [5.74, 6) is 5.29. The van der Waals surface area contributed by atoms with Crippen molar-refractivity contribution in [1.29, 1.82) is 0 Å². The molecule has 1 rings (SSSR count). The first-order valence-electron chi connectivity index (χ1n) is 6.67. The molecule has 0 spiro atoms. The molecule has 108 valence electrons. The van der Waals surface area contributed by atoms with Crippen LogP contribution in [0.1, 0.15) is 35.3 Å². The summed E-state index contributed by atoms with van der Waals surface area (Å²) in [5.41, 5.74) is 2.29. The van der Waals surface area contributed by atoms with Gasteiger partial charge in [-0.15, -0.1) is 0 Å². The van der Waals surface area contributed by atoms with Crippen LogP contribution in [0.2, 0.25) is 0 Å². The molecule has 1 aromatic carbocycles. The molecule has 0 aliphatic carbocycles. The molecule has 1 unspecified atom stereocenters. The van der Waals surface area contributed by atoms with Gasteiger partial charge in [-0.2, -0.15) is 0 Å². The standard InChI is InChI=1S/C16H21NO3/c1-4-20-11-13(3)17-16(19)15-8-7-12(2)14(10-15)6-5-9-18/h7-8,10,13,18H,4,9,11H2,1-3H3,(H,17,19). The summed E-state index contributed by atoms with van der Waals surface area (Å²) in [6.07, 6.45) is 0. The minimum Gasteiger partial charge on any atom is -0.384 e. The number of carbonyl (C=O) groups excluding carboxylic acids is 1. The fourth-order valence-corrected chi connectivity index (χ4v) is 1.68. The minimum atomic E-state index is -0.193. The summed E-state index contributed by atoms with van der Waals surface area (Å²) in [6.45, 7) is 6.66. The average molecular weight is 275 g/mol. The zero-order valence-corrected chi connectivity index (χ0v) is 12.2. The molecule has 0 bridgehead atoms. The molecule has 4 heteroatoms. The van der Waals surface area contributed by atoms with Gasteiger partial charge in [-0.3, -0.25) is 4.79 Å². The van der Waals surface area contributed by atoms with E-state index in [0.29, 0.717) is 18.8 Å². The van der Waals surface area contributed by atoms with Crippen LogP contribution in [0.15, 0.2) is 18.2 Å². The molecule has 1 aromatic rings. The summed E-state index contributed by atoms with van der Waals surface area (Å²) < 4.78 is 5.26. The Morgan fingerprint density at radius 1 is 1.50 bits per heavy atom. The zero-order chi connectivity index (χ0) is 15.0. The van der Waals surface area contributed by atoms with Crippen molar-refractivity contribution in [2.24, 2.45) is 0 Å². The molecule has 0 aliphatic rings. The molecule has 0 saturated carbocycles. The van der Waals surface area contributed by atoms with E-state index in [-0.39, 0.29) is 18.6 Å². The van der Waals surface area contributed by atoms with Crippen LogP contribution >= 0.6 is 0 Å². The Bertz CT molecular complexity index is 514. The number of aliphatic hydroxyl groups is 1. The second-order valence-corrected chi connectivity index (χ2v) is 4.52. The van der Waals surface area contributed by atoms with E-state index in [1.807, 2.05) is 26.8 Å². The van der Waals surface area contributed by atoms with E-state index in [2.05, 4.69) is 17.2 Å². The van der Waals surface area contributed by atoms with Gasteiger partial charge < -0.3 is 15.2 Å². The maximum atomic E-state index is 12.1. The predicted octanol–water partition coefficient (Wildman–Crippen LogP) is 1.49. The van der Waals surface area contributed by atoms with E-state index in [0.717, 1.165) is 11.1 Å². The highest BCUT2D eigenvalue weighted by Crippen LogP contribution is 2.10. The Morgan fingerprint density at radius 2 is 2.25 bits per heavy atom. The molecule has 0 heterocycles. The molecule has 0 saturated heterocycles. The number of carbonyl (C=O) groups is 1. The number of aryl methyl sites for hydroxylation is 1. The smallest absolute Gasteiger partial charge is 0.251 e. The monoisotopic (exact) mass is 275 g/mol.